The Bertz CT molecular complexity index is 1090. The lowest BCUT2D eigenvalue weighted by Gasteiger charge is -2.14. The Morgan fingerprint density at radius 1 is 1.10 bits per heavy atom. The molecule has 4 rings (SSSR count). The number of amides is 1. The van der Waals surface area contributed by atoms with Crippen LogP contribution in [-0.4, -0.2) is 15.5 Å². The van der Waals surface area contributed by atoms with Crippen LogP contribution in [0, 0.1) is 6.92 Å². The van der Waals surface area contributed by atoms with Crippen molar-refractivity contribution in [2.24, 2.45) is 0 Å². The molecule has 5 nitrogen and oxygen atoms in total. The summed E-state index contributed by atoms with van der Waals surface area (Å²) in [6.45, 7) is 1.91. The number of hydrogen-bond acceptors (Lipinski definition) is 4. The minimum atomic E-state index is -0.220. The molecule has 0 spiro atoms. The Hall–Kier alpha value is -2.86. The van der Waals surface area contributed by atoms with Gasteiger partial charge in [-0.15, -0.1) is 0 Å². The molecule has 29 heavy (non-hydrogen) atoms. The summed E-state index contributed by atoms with van der Waals surface area (Å²) in [6, 6.07) is 17.7. The first kappa shape index (κ1) is 19.5. The van der Waals surface area contributed by atoms with Crippen LogP contribution < -0.4 is 10.9 Å². The van der Waals surface area contributed by atoms with Gasteiger partial charge in [0, 0.05) is 17.0 Å². The van der Waals surface area contributed by atoms with Crippen molar-refractivity contribution < 1.29 is 4.79 Å². The van der Waals surface area contributed by atoms with Gasteiger partial charge in [-0.2, -0.15) is 0 Å². The maximum absolute atomic E-state index is 13.1. The number of anilines is 1. The van der Waals surface area contributed by atoms with Gasteiger partial charge >= 0.3 is 0 Å². The van der Waals surface area contributed by atoms with Gasteiger partial charge in [0.2, 0.25) is 5.91 Å². The van der Waals surface area contributed by atoms with E-state index < -0.39 is 0 Å². The molecule has 148 valence electrons. The van der Waals surface area contributed by atoms with E-state index in [1.807, 2.05) is 61.5 Å². The Morgan fingerprint density at radius 2 is 1.86 bits per heavy atom. The average Bonchev–Trinajstić information content (AvgIpc) is 3.20. The standard InChI is InChI=1S/C23H23N3O2S/c1-16-8-5-6-12-19(16)24-21(27)14-26-22(28)18-11-7-13-20(18)25-23(26)29-15-17-9-3-2-4-10-17/h2-6,8-10,12H,7,11,13-15H2,1H3,(H,24,27). The van der Waals surface area contributed by atoms with Crippen molar-refractivity contribution in [3.8, 4) is 0 Å². The second-order valence-corrected chi connectivity index (χ2v) is 8.14. The Labute approximate surface area is 174 Å². The molecule has 0 unspecified atom stereocenters. The van der Waals surface area contributed by atoms with E-state index in [2.05, 4.69) is 5.32 Å². The zero-order valence-corrected chi connectivity index (χ0v) is 17.2. The number of para-hydroxylation sites is 1. The lowest BCUT2D eigenvalue weighted by atomic mass is 10.2. The lowest BCUT2D eigenvalue weighted by Crippen LogP contribution is -2.32. The molecule has 0 atom stereocenters. The topological polar surface area (TPSA) is 64.0 Å². The predicted octanol–water partition coefficient (Wildman–Crippen LogP) is 3.97. The monoisotopic (exact) mass is 405 g/mol. The van der Waals surface area contributed by atoms with Crippen molar-refractivity contribution in [3.63, 3.8) is 0 Å². The van der Waals surface area contributed by atoms with E-state index in [1.54, 1.807) is 0 Å². The molecular formula is C23H23N3O2S. The van der Waals surface area contributed by atoms with Crippen LogP contribution in [0.4, 0.5) is 5.69 Å². The van der Waals surface area contributed by atoms with Gasteiger partial charge in [-0.1, -0.05) is 60.3 Å². The minimum absolute atomic E-state index is 0.0371. The van der Waals surface area contributed by atoms with Crippen LogP contribution in [0.25, 0.3) is 0 Å². The predicted molar refractivity (Wildman–Crippen MR) is 116 cm³/mol. The first-order valence-electron chi connectivity index (χ1n) is 9.76. The van der Waals surface area contributed by atoms with Gasteiger partial charge in [-0.25, -0.2) is 4.98 Å². The van der Waals surface area contributed by atoms with Gasteiger partial charge in [0.15, 0.2) is 5.16 Å². The van der Waals surface area contributed by atoms with Crippen LogP contribution in [-0.2, 0) is 29.9 Å². The molecule has 0 aliphatic heterocycles. The first-order chi connectivity index (χ1) is 14.1. The Morgan fingerprint density at radius 3 is 2.66 bits per heavy atom. The molecule has 0 fully saturated rings. The fourth-order valence-corrected chi connectivity index (χ4v) is 4.49. The Balaban J connectivity index is 1.59. The minimum Gasteiger partial charge on any atom is -0.324 e. The summed E-state index contributed by atoms with van der Waals surface area (Å²) in [6.07, 6.45) is 2.52. The molecule has 1 aliphatic carbocycles. The van der Waals surface area contributed by atoms with E-state index in [0.29, 0.717) is 10.9 Å². The number of carbonyl (C=O) groups excluding carboxylic acids is 1. The number of aromatic nitrogens is 2. The highest BCUT2D eigenvalue weighted by Gasteiger charge is 2.22. The molecule has 6 heteroatoms. The van der Waals surface area contributed by atoms with Crippen LogP contribution in [0.15, 0.2) is 64.5 Å². The number of nitrogens with zero attached hydrogens (tertiary/aromatic N) is 2. The molecule has 0 saturated heterocycles. The third-order valence-corrected chi connectivity index (χ3v) is 6.13. The summed E-state index contributed by atoms with van der Waals surface area (Å²) in [5, 5.41) is 3.53. The molecule has 2 aromatic carbocycles. The van der Waals surface area contributed by atoms with E-state index in [0.717, 1.165) is 47.3 Å². The highest BCUT2D eigenvalue weighted by atomic mass is 32.2. The van der Waals surface area contributed by atoms with Crippen LogP contribution in [0.5, 0.6) is 0 Å². The van der Waals surface area contributed by atoms with Crippen LogP contribution in [0.3, 0.4) is 0 Å². The molecule has 0 saturated carbocycles. The second-order valence-electron chi connectivity index (χ2n) is 7.20. The van der Waals surface area contributed by atoms with Crippen molar-refractivity contribution >= 4 is 23.4 Å². The summed E-state index contributed by atoms with van der Waals surface area (Å²) < 4.78 is 1.53. The second kappa shape index (κ2) is 8.66. The van der Waals surface area contributed by atoms with E-state index in [1.165, 1.54) is 16.3 Å². The van der Waals surface area contributed by atoms with Gasteiger partial charge in [-0.3, -0.25) is 14.2 Å². The number of rotatable bonds is 6. The molecule has 1 amide bonds. The highest BCUT2D eigenvalue weighted by molar-refractivity contribution is 7.98. The number of fused-ring (bicyclic) bond motifs is 1. The fraction of sp³-hybridized carbons (Fsp3) is 0.261. The molecule has 1 aliphatic rings. The molecule has 0 bridgehead atoms. The highest BCUT2D eigenvalue weighted by Crippen LogP contribution is 2.24. The number of nitrogens with one attached hydrogen (secondary N) is 1. The van der Waals surface area contributed by atoms with Gasteiger partial charge in [0.1, 0.15) is 6.54 Å². The number of benzene rings is 2. The number of carbonyl (C=O) groups is 1. The number of thioether (sulfide) groups is 1. The Kier molecular flexibility index (Phi) is 5.81. The normalized spacial score (nSPS) is 12.6. The van der Waals surface area contributed by atoms with Crippen molar-refractivity contribution in [2.45, 2.75) is 43.6 Å². The third kappa shape index (κ3) is 4.43. The van der Waals surface area contributed by atoms with E-state index in [-0.39, 0.29) is 18.0 Å². The van der Waals surface area contributed by atoms with Gasteiger partial charge in [0.05, 0.1) is 5.69 Å². The quantitative estimate of drug-likeness (QED) is 0.498. The van der Waals surface area contributed by atoms with Gasteiger partial charge in [0.25, 0.3) is 5.56 Å². The van der Waals surface area contributed by atoms with Crippen LogP contribution in [0.2, 0.25) is 0 Å². The summed E-state index contributed by atoms with van der Waals surface area (Å²) in [7, 11) is 0. The summed E-state index contributed by atoms with van der Waals surface area (Å²) >= 11 is 1.50. The van der Waals surface area contributed by atoms with Gasteiger partial charge in [-0.05, 0) is 43.4 Å². The van der Waals surface area contributed by atoms with Gasteiger partial charge < -0.3 is 5.32 Å². The third-order valence-electron chi connectivity index (χ3n) is 5.09. The molecule has 3 aromatic rings. The molecular weight excluding hydrogens is 382 g/mol. The summed E-state index contributed by atoms with van der Waals surface area (Å²) in [4.78, 5) is 30.5. The van der Waals surface area contributed by atoms with Crippen molar-refractivity contribution in [2.75, 3.05) is 5.32 Å². The maximum Gasteiger partial charge on any atom is 0.258 e. The van der Waals surface area contributed by atoms with Crippen LogP contribution in [0.1, 0.15) is 28.8 Å². The smallest absolute Gasteiger partial charge is 0.258 e. The average molecular weight is 406 g/mol. The largest absolute Gasteiger partial charge is 0.324 e. The summed E-state index contributed by atoms with van der Waals surface area (Å²) in [5.74, 6) is 0.480. The molecule has 1 N–H and O–H groups in total. The lowest BCUT2D eigenvalue weighted by molar-refractivity contribution is -0.116. The van der Waals surface area contributed by atoms with Crippen molar-refractivity contribution in [1.82, 2.24) is 9.55 Å². The zero-order valence-electron chi connectivity index (χ0n) is 16.4. The SMILES string of the molecule is Cc1ccccc1NC(=O)Cn1c(SCc2ccccc2)nc2c(c1=O)CCC2. The van der Waals surface area contributed by atoms with Crippen molar-refractivity contribution in [3.05, 3.63) is 87.3 Å². The van der Waals surface area contributed by atoms with E-state index >= 15 is 0 Å². The number of hydrogen-bond donors (Lipinski definition) is 1. The maximum atomic E-state index is 13.1. The first-order valence-corrected chi connectivity index (χ1v) is 10.7. The van der Waals surface area contributed by atoms with E-state index in [9.17, 15) is 9.59 Å². The molecule has 1 aromatic heterocycles. The number of aryl methyl sites for hydroxylation is 2. The van der Waals surface area contributed by atoms with Crippen molar-refractivity contribution in [1.29, 1.82) is 0 Å². The van der Waals surface area contributed by atoms with E-state index in [4.69, 9.17) is 4.98 Å². The fourth-order valence-electron chi connectivity index (χ4n) is 3.53. The summed E-state index contributed by atoms with van der Waals surface area (Å²) in [5.41, 5.74) is 4.47. The molecule has 0 radical (unpaired) electrons. The zero-order chi connectivity index (χ0) is 20.2. The molecule has 1 heterocycles. The van der Waals surface area contributed by atoms with Crippen LogP contribution >= 0.6 is 11.8 Å².